The Bertz CT molecular complexity index is 350. The minimum Gasteiger partial charge on any atom is -0.353 e. The van der Waals surface area contributed by atoms with Crippen molar-refractivity contribution in [3.05, 3.63) is 11.9 Å². The highest BCUT2D eigenvalue weighted by Gasteiger charge is 2.20. The fourth-order valence-electron chi connectivity index (χ4n) is 2.81. The second-order valence-electron chi connectivity index (χ2n) is 5.39. The van der Waals surface area contributed by atoms with Gasteiger partial charge in [-0.2, -0.15) is 0 Å². The predicted octanol–water partition coefficient (Wildman–Crippen LogP) is 3.91. The van der Waals surface area contributed by atoms with E-state index in [9.17, 15) is 0 Å². The molecule has 0 bridgehead atoms. The summed E-state index contributed by atoms with van der Waals surface area (Å²) < 4.78 is 2.37. The highest BCUT2D eigenvalue weighted by atomic mass is 15.2. The topological polar surface area (TPSA) is 29.9 Å². The summed E-state index contributed by atoms with van der Waals surface area (Å²) in [5.41, 5.74) is 1.13. The Labute approximate surface area is 105 Å². The van der Waals surface area contributed by atoms with Gasteiger partial charge in [0, 0.05) is 18.3 Å². The SMILES string of the molecule is CCCC(C)Nc1nc(C)cn1C1CCCC1. The third-order valence-corrected chi connectivity index (χ3v) is 3.67. The van der Waals surface area contributed by atoms with E-state index in [1.165, 1.54) is 38.5 Å². The van der Waals surface area contributed by atoms with Crippen LogP contribution in [-0.2, 0) is 0 Å². The zero-order chi connectivity index (χ0) is 12.3. The lowest BCUT2D eigenvalue weighted by molar-refractivity contribution is 0.518. The lowest BCUT2D eigenvalue weighted by Gasteiger charge is -2.18. The summed E-state index contributed by atoms with van der Waals surface area (Å²) >= 11 is 0. The van der Waals surface area contributed by atoms with Crippen molar-refractivity contribution in [1.82, 2.24) is 9.55 Å². The van der Waals surface area contributed by atoms with E-state index >= 15 is 0 Å². The fraction of sp³-hybridized carbons (Fsp3) is 0.786. The van der Waals surface area contributed by atoms with E-state index in [1.807, 2.05) is 0 Å². The van der Waals surface area contributed by atoms with Crippen LogP contribution in [0.3, 0.4) is 0 Å². The highest BCUT2D eigenvalue weighted by molar-refractivity contribution is 5.31. The number of rotatable bonds is 5. The maximum atomic E-state index is 4.63. The first-order chi connectivity index (χ1) is 8.20. The number of hydrogen-bond acceptors (Lipinski definition) is 2. The third kappa shape index (κ3) is 3.02. The molecule has 3 nitrogen and oxygen atoms in total. The van der Waals surface area contributed by atoms with Crippen molar-refractivity contribution in [2.24, 2.45) is 0 Å². The van der Waals surface area contributed by atoms with Crippen LogP contribution in [0.1, 0.15) is 64.1 Å². The van der Waals surface area contributed by atoms with Gasteiger partial charge in [0.1, 0.15) is 0 Å². The van der Waals surface area contributed by atoms with Gasteiger partial charge >= 0.3 is 0 Å². The standard InChI is InChI=1S/C14H25N3/c1-4-7-11(2)15-14-16-12(3)10-17(14)13-8-5-6-9-13/h10-11,13H,4-9H2,1-3H3,(H,15,16). The number of anilines is 1. The molecule has 1 atom stereocenters. The van der Waals surface area contributed by atoms with Gasteiger partial charge in [-0.1, -0.05) is 26.2 Å². The Hall–Kier alpha value is -0.990. The maximum Gasteiger partial charge on any atom is 0.203 e. The number of nitrogens with one attached hydrogen (secondary N) is 1. The molecule has 1 aromatic heterocycles. The average Bonchev–Trinajstić information content (AvgIpc) is 2.87. The Morgan fingerprint density at radius 3 is 2.82 bits per heavy atom. The molecule has 1 unspecified atom stereocenters. The molecule has 1 aliphatic rings. The maximum absolute atomic E-state index is 4.63. The molecule has 0 aliphatic heterocycles. The van der Waals surface area contributed by atoms with Gasteiger partial charge in [0.25, 0.3) is 0 Å². The molecular weight excluding hydrogens is 210 g/mol. The molecule has 2 rings (SSSR count). The summed E-state index contributed by atoms with van der Waals surface area (Å²) in [4.78, 5) is 4.63. The summed E-state index contributed by atoms with van der Waals surface area (Å²) in [6.07, 6.45) is 9.99. The average molecular weight is 235 g/mol. The first kappa shape index (κ1) is 12.5. The Morgan fingerprint density at radius 2 is 2.18 bits per heavy atom. The largest absolute Gasteiger partial charge is 0.353 e. The van der Waals surface area contributed by atoms with E-state index in [0.29, 0.717) is 12.1 Å². The molecule has 1 aliphatic carbocycles. The highest BCUT2D eigenvalue weighted by Crippen LogP contribution is 2.32. The van der Waals surface area contributed by atoms with Crippen molar-refractivity contribution in [2.75, 3.05) is 5.32 Å². The van der Waals surface area contributed by atoms with Crippen LogP contribution >= 0.6 is 0 Å². The normalized spacial score (nSPS) is 18.5. The van der Waals surface area contributed by atoms with Crippen LogP contribution in [0.15, 0.2) is 6.20 Å². The Kier molecular flexibility index (Phi) is 4.08. The van der Waals surface area contributed by atoms with Gasteiger partial charge in [-0.15, -0.1) is 0 Å². The monoisotopic (exact) mass is 235 g/mol. The van der Waals surface area contributed by atoms with Gasteiger partial charge in [0.15, 0.2) is 0 Å². The van der Waals surface area contributed by atoms with Crippen molar-refractivity contribution < 1.29 is 0 Å². The molecule has 1 saturated carbocycles. The van der Waals surface area contributed by atoms with E-state index in [0.717, 1.165) is 11.6 Å². The van der Waals surface area contributed by atoms with Crippen molar-refractivity contribution in [2.45, 2.75) is 71.4 Å². The van der Waals surface area contributed by atoms with Gasteiger partial charge in [-0.05, 0) is 33.1 Å². The molecule has 0 aromatic carbocycles. The first-order valence-electron chi connectivity index (χ1n) is 7.02. The Balaban J connectivity index is 2.09. The van der Waals surface area contributed by atoms with Crippen molar-refractivity contribution in [3.8, 4) is 0 Å². The van der Waals surface area contributed by atoms with E-state index in [4.69, 9.17) is 0 Å². The summed E-state index contributed by atoms with van der Waals surface area (Å²) in [6, 6.07) is 1.19. The molecule has 0 radical (unpaired) electrons. The van der Waals surface area contributed by atoms with Crippen molar-refractivity contribution in [3.63, 3.8) is 0 Å². The Morgan fingerprint density at radius 1 is 1.47 bits per heavy atom. The lowest BCUT2D eigenvalue weighted by Crippen LogP contribution is -2.19. The molecule has 1 N–H and O–H groups in total. The molecule has 1 aromatic rings. The molecule has 96 valence electrons. The third-order valence-electron chi connectivity index (χ3n) is 3.67. The van der Waals surface area contributed by atoms with Gasteiger partial charge in [-0.25, -0.2) is 4.98 Å². The minimum atomic E-state index is 0.516. The molecular formula is C14H25N3. The zero-order valence-corrected chi connectivity index (χ0v) is 11.4. The van der Waals surface area contributed by atoms with E-state index < -0.39 is 0 Å². The first-order valence-corrected chi connectivity index (χ1v) is 7.02. The predicted molar refractivity (Wildman–Crippen MR) is 72.5 cm³/mol. The van der Waals surface area contributed by atoms with Gasteiger partial charge in [-0.3, -0.25) is 0 Å². The van der Waals surface area contributed by atoms with Crippen LogP contribution in [0.25, 0.3) is 0 Å². The van der Waals surface area contributed by atoms with Crippen LogP contribution < -0.4 is 5.32 Å². The quantitative estimate of drug-likeness (QED) is 0.838. The van der Waals surface area contributed by atoms with Gasteiger partial charge < -0.3 is 9.88 Å². The fourth-order valence-corrected chi connectivity index (χ4v) is 2.81. The van der Waals surface area contributed by atoms with Crippen LogP contribution in [-0.4, -0.2) is 15.6 Å². The van der Waals surface area contributed by atoms with Crippen LogP contribution in [0.4, 0.5) is 5.95 Å². The van der Waals surface area contributed by atoms with E-state index in [2.05, 4.69) is 41.8 Å². The van der Waals surface area contributed by atoms with Gasteiger partial charge in [0.05, 0.1) is 5.69 Å². The molecule has 0 spiro atoms. The molecule has 17 heavy (non-hydrogen) atoms. The van der Waals surface area contributed by atoms with Crippen molar-refractivity contribution in [1.29, 1.82) is 0 Å². The van der Waals surface area contributed by atoms with Crippen LogP contribution in [0.5, 0.6) is 0 Å². The van der Waals surface area contributed by atoms with Crippen LogP contribution in [0.2, 0.25) is 0 Å². The summed E-state index contributed by atoms with van der Waals surface area (Å²) in [5, 5.41) is 3.56. The number of hydrogen-bond donors (Lipinski definition) is 1. The summed E-state index contributed by atoms with van der Waals surface area (Å²) in [7, 11) is 0. The minimum absolute atomic E-state index is 0.516. The number of aryl methyl sites for hydroxylation is 1. The molecule has 1 heterocycles. The molecule has 3 heteroatoms. The van der Waals surface area contributed by atoms with E-state index in [1.54, 1.807) is 0 Å². The van der Waals surface area contributed by atoms with Crippen molar-refractivity contribution >= 4 is 5.95 Å². The number of aromatic nitrogens is 2. The smallest absolute Gasteiger partial charge is 0.203 e. The number of nitrogens with zero attached hydrogens (tertiary/aromatic N) is 2. The second kappa shape index (κ2) is 5.56. The lowest BCUT2D eigenvalue weighted by atomic mass is 10.2. The van der Waals surface area contributed by atoms with Crippen LogP contribution in [0, 0.1) is 6.92 Å². The molecule has 0 amide bonds. The molecule has 0 saturated heterocycles. The number of imidazole rings is 1. The molecule has 1 fully saturated rings. The van der Waals surface area contributed by atoms with E-state index in [-0.39, 0.29) is 0 Å². The van der Waals surface area contributed by atoms with Gasteiger partial charge in [0.2, 0.25) is 5.95 Å². The summed E-state index contributed by atoms with van der Waals surface area (Å²) in [5.74, 6) is 1.08. The second-order valence-corrected chi connectivity index (χ2v) is 5.39. The summed E-state index contributed by atoms with van der Waals surface area (Å²) in [6.45, 7) is 6.56. The zero-order valence-electron chi connectivity index (χ0n) is 11.4.